The lowest BCUT2D eigenvalue weighted by molar-refractivity contribution is 0.0242. The van der Waals surface area contributed by atoms with Crippen LogP contribution in [0.2, 0.25) is 0 Å². The third kappa shape index (κ3) is 2.38. The Morgan fingerprint density at radius 1 is 1.36 bits per heavy atom. The van der Waals surface area contributed by atoms with Crippen molar-refractivity contribution in [2.75, 3.05) is 0 Å². The van der Waals surface area contributed by atoms with Gasteiger partial charge in [0.05, 0.1) is 5.60 Å². The van der Waals surface area contributed by atoms with E-state index in [2.05, 4.69) is 26.8 Å². The lowest BCUT2D eigenvalue weighted by atomic mass is 9.79. The van der Waals surface area contributed by atoms with Gasteiger partial charge in [-0.25, -0.2) is 0 Å². The summed E-state index contributed by atoms with van der Waals surface area (Å²) in [4.78, 5) is 0. The summed E-state index contributed by atoms with van der Waals surface area (Å²) >= 11 is 0. The van der Waals surface area contributed by atoms with Crippen molar-refractivity contribution < 1.29 is 5.11 Å². The first kappa shape index (κ1) is 11.8. The molecule has 0 fully saturated rings. The van der Waals surface area contributed by atoms with Crippen LogP contribution < -0.4 is 0 Å². The highest BCUT2D eigenvalue weighted by molar-refractivity contribution is 5.18. The standard InChI is InChI=1S/C13H24O/c1-4-13(14,11(2)3)12-9-7-5-6-8-10-12/h9,11,14H,4-8,10H2,1-3H3. The van der Waals surface area contributed by atoms with Crippen molar-refractivity contribution in [3.05, 3.63) is 11.6 Å². The van der Waals surface area contributed by atoms with E-state index in [-0.39, 0.29) is 0 Å². The van der Waals surface area contributed by atoms with Crippen molar-refractivity contribution in [1.82, 2.24) is 0 Å². The summed E-state index contributed by atoms with van der Waals surface area (Å²) in [6.07, 6.45) is 9.25. The van der Waals surface area contributed by atoms with E-state index < -0.39 is 5.60 Å². The van der Waals surface area contributed by atoms with E-state index in [0.29, 0.717) is 5.92 Å². The molecule has 0 heterocycles. The van der Waals surface area contributed by atoms with Crippen molar-refractivity contribution in [2.24, 2.45) is 5.92 Å². The average Bonchev–Trinajstić information content (AvgIpc) is 2.44. The Hall–Kier alpha value is -0.300. The maximum Gasteiger partial charge on any atom is 0.0876 e. The Labute approximate surface area is 88.2 Å². The first-order valence-electron chi connectivity index (χ1n) is 6.03. The van der Waals surface area contributed by atoms with Gasteiger partial charge in [0.2, 0.25) is 0 Å². The van der Waals surface area contributed by atoms with Crippen LogP contribution in [0.4, 0.5) is 0 Å². The Kier molecular flexibility index (Phi) is 4.18. The third-order valence-corrected chi connectivity index (χ3v) is 3.59. The van der Waals surface area contributed by atoms with Crippen molar-refractivity contribution in [3.63, 3.8) is 0 Å². The molecule has 0 spiro atoms. The molecule has 1 aliphatic carbocycles. The van der Waals surface area contributed by atoms with E-state index in [0.717, 1.165) is 19.3 Å². The Morgan fingerprint density at radius 3 is 2.64 bits per heavy atom. The SMILES string of the molecule is CCC(O)(C1=CCCCCC1)C(C)C. The fourth-order valence-corrected chi connectivity index (χ4v) is 2.41. The summed E-state index contributed by atoms with van der Waals surface area (Å²) in [5.41, 5.74) is 0.761. The predicted octanol–water partition coefficient (Wildman–Crippen LogP) is 3.67. The molecule has 1 atom stereocenters. The quantitative estimate of drug-likeness (QED) is 0.683. The van der Waals surface area contributed by atoms with E-state index in [1.165, 1.54) is 24.8 Å². The van der Waals surface area contributed by atoms with Crippen LogP contribution in [0.15, 0.2) is 11.6 Å². The van der Waals surface area contributed by atoms with Crippen molar-refractivity contribution >= 4 is 0 Å². The van der Waals surface area contributed by atoms with Crippen molar-refractivity contribution in [1.29, 1.82) is 0 Å². The molecule has 0 radical (unpaired) electrons. The Balaban J connectivity index is 2.81. The molecule has 0 aromatic rings. The minimum Gasteiger partial charge on any atom is -0.385 e. The van der Waals surface area contributed by atoms with Gasteiger partial charge in [0.15, 0.2) is 0 Å². The normalized spacial score (nSPS) is 22.8. The zero-order valence-corrected chi connectivity index (χ0v) is 9.84. The average molecular weight is 196 g/mol. The molecule has 1 aliphatic rings. The molecule has 1 heteroatoms. The van der Waals surface area contributed by atoms with E-state index in [1.54, 1.807) is 0 Å². The molecule has 0 bridgehead atoms. The predicted molar refractivity (Wildman–Crippen MR) is 61.2 cm³/mol. The van der Waals surface area contributed by atoms with Gasteiger partial charge < -0.3 is 5.11 Å². The molecule has 0 saturated carbocycles. The van der Waals surface area contributed by atoms with Crippen LogP contribution in [0.25, 0.3) is 0 Å². The second kappa shape index (κ2) is 4.97. The lowest BCUT2D eigenvalue weighted by Crippen LogP contribution is -2.36. The highest BCUT2D eigenvalue weighted by atomic mass is 16.3. The van der Waals surface area contributed by atoms with E-state index in [9.17, 15) is 5.11 Å². The van der Waals surface area contributed by atoms with Crippen molar-refractivity contribution in [2.45, 2.75) is 64.9 Å². The monoisotopic (exact) mass is 196 g/mol. The zero-order chi connectivity index (χ0) is 10.6. The maximum atomic E-state index is 10.6. The first-order chi connectivity index (χ1) is 6.61. The summed E-state index contributed by atoms with van der Waals surface area (Å²) in [6, 6.07) is 0. The van der Waals surface area contributed by atoms with Crippen LogP contribution in [0, 0.1) is 5.92 Å². The summed E-state index contributed by atoms with van der Waals surface area (Å²) in [5.74, 6) is 0.330. The minimum absolute atomic E-state index is 0.330. The van der Waals surface area contributed by atoms with Gasteiger partial charge in [-0.3, -0.25) is 0 Å². The molecule has 82 valence electrons. The number of aliphatic hydroxyl groups is 1. The topological polar surface area (TPSA) is 20.2 Å². The number of hydrogen-bond donors (Lipinski definition) is 1. The van der Waals surface area contributed by atoms with Gasteiger partial charge in [0.25, 0.3) is 0 Å². The number of allylic oxidation sites excluding steroid dienone is 1. The summed E-state index contributed by atoms with van der Waals surface area (Å²) in [7, 11) is 0. The van der Waals surface area contributed by atoms with Gasteiger partial charge in [0.1, 0.15) is 0 Å². The van der Waals surface area contributed by atoms with Gasteiger partial charge >= 0.3 is 0 Å². The van der Waals surface area contributed by atoms with Gasteiger partial charge in [-0.1, -0.05) is 33.3 Å². The summed E-state index contributed by atoms with van der Waals surface area (Å²) < 4.78 is 0. The lowest BCUT2D eigenvalue weighted by Gasteiger charge is -2.34. The molecular weight excluding hydrogens is 172 g/mol. The number of hydrogen-bond acceptors (Lipinski definition) is 1. The molecule has 1 unspecified atom stereocenters. The fraction of sp³-hybridized carbons (Fsp3) is 0.846. The third-order valence-electron chi connectivity index (χ3n) is 3.59. The number of rotatable bonds is 3. The molecule has 0 saturated heterocycles. The molecular formula is C13H24O. The highest BCUT2D eigenvalue weighted by Gasteiger charge is 2.32. The van der Waals surface area contributed by atoms with E-state index >= 15 is 0 Å². The summed E-state index contributed by atoms with van der Waals surface area (Å²) in [6.45, 7) is 6.33. The molecule has 1 nitrogen and oxygen atoms in total. The van der Waals surface area contributed by atoms with Crippen LogP contribution in [0.1, 0.15) is 59.3 Å². The van der Waals surface area contributed by atoms with Crippen molar-refractivity contribution in [3.8, 4) is 0 Å². The van der Waals surface area contributed by atoms with Crippen LogP contribution >= 0.6 is 0 Å². The molecule has 1 rings (SSSR count). The van der Waals surface area contributed by atoms with E-state index in [1.807, 2.05) is 0 Å². The second-order valence-electron chi connectivity index (χ2n) is 4.76. The molecule has 0 amide bonds. The minimum atomic E-state index is -0.537. The molecule has 0 aromatic carbocycles. The van der Waals surface area contributed by atoms with Crippen LogP contribution in [0.3, 0.4) is 0 Å². The van der Waals surface area contributed by atoms with E-state index in [4.69, 9.17) is 0 Å². The second-order valence-corrected chi connectivity index (χ2v) is 4.76. The van der Waals surface area contributed by atoms with Gasteiger partial charge in [-0.05, 0) is 43.6 Å². The van der Waals surface area contributed by atoms with Gasteiger partial charge in [0, 0.05) is 0 Å². The first-order valence-corrected chi connectivity index (χ1v) is 6.03. The molecule has 14 heavy (non-hydrogen) atoms. The fourth-order valence-electron chi connectivity index (χ4n) is 2.41. The summed E-state index contributed by atoms with van der Waals surface area (Å²) in [5, 5.41) is 10.6. The Morgan fingerprint density at radius 2 is 2.07 bits per heavy atom. The Bertz CT molecular complexity index is 205. The smallest absolute Gasteiger partial charge is 0.0876 e. The van der Waals surface area contributed by atoms with Gasteiger partial charge in [-0.15, -0.1) is 0 Å². The van der Waals surface area contributed by atoms with Crippen LogP contribution in [-0.4, -0.2) is 10.7 Å². The zero-order valence-electron chi connectivity index (χ0n) is 9.84. The largest absolute Gasteiger partial charge is 0.385 e. The molecule has 0 aliphatic heterocycles. The highest BCUT2D eigenvalue weighted by Crippen LogP contribution is 2.34. The molecule has 1 N–H and O–H groups in total. The van der Waals surface area contributed by atoms with Crippen LogP contribution in [0.5, 0.6) is 0 Å². The maximum absolute atomic E-state index is 10.6. The molecule has 0 aromatic heterocycles. The van der Waals surface area contributed by atoms with Crippen LogP contribution in [-0.2, 0) is 0 Å². The van der Waals surface area contributed by atoms with Gasteiger partial charge in [-0.2, -0.15) is 0 Å².